The van der Waals surface area contributed by atoms with Gasteiger partial charge in [0.15, 0.2) is 5.11 Å². The third-order valence-corrected chi connectivity index (χ3v) is 6.72. The van der Waals surface area contributed by atoms with Crippen LogP contribution in [0.2, 0.25) is 5.02 Å². The van der Waals surface area contributed by atoms with E-state index in [1.54, 1.807) is 6.20 Å². The van der Waals surface area contributed by atoms with Crippen molar-refractivity contribution < 1.29 is 0 Å². The Labute approximate surface area is 204 Å². The number of aryl methyl sites for hydroxylation is 1. The minimum atomic E-state index is -0.0660. The molecule has 1 fully saturated rings. The number of pyridine rings is 2. The molecule has 0 bridgehead atoms. The van der Waals surface area contributed by atoms with Crippen LogP contribution >= 0.6 is 23.8 Å². The van der Waals surface area contributed by atoms with E-state index in [2.05, 4.69) is 62.9 Å². The van der Waals surface area contributed by atoms with Gasteiger partial charge in [-0.1, -0.05) is 29.8 Å². The van der Waals surface area contributed by atoms with Gasteiger partial charge >= 0.3 is 0 Å². The van der Waals surface area contributed by atoms with Gasteiger partial charge in [0.1, 0.15) is 0 Å². The van der Waals surface area contributed by atoms with Crippen molar-refractivity contribution in [2.24, 2.45) is 0 Å². The molecule has 166 valence electrons. The van der Waals surface area contributed by atoms with Crippen molar-refractivity contribution >= 4 is 28.9 Å². The molecule has 1 saturated heterocycles. The Morgan fingerprint density at radius 2 is 1.91 bits per heavy atom. The van der Waals surface area contributed by atoms with Crippen molar-refractivity contribution in [3.05, 3.63) is 112 Å². The SMILES string of the molecule is Cc1cc(C2C(c3ccccn3)NC(=S)N2Cc2cccnc2)c(C)n1-c1cccc(Cl)c1. The molecule has 3 aromatic heterocycles. The zero-order valence-electron chi connectivity index (χ0n) is 18.4. The lowest BCUT2D eigenvalue weighted by atomic mass is 9.96. The third kappa shape index (κ3) is 4.12. The maximum atomic E-state index is 6.31. The molecule has 5 rings (SSSR count). The first-order valence-electron chi connectivity index (χ1n) is 10.8. The Bertz CT molecular complexity index is 1290. The van der Waals surface area contributed by atoms with Gasteiger partial charge in [0.25, 0.3) is 0 Å². The van der Waals surface area contributed by atoms with Gasteiger partial charge in [-0.15, -0.1) is 0 Å². The highest BCUT2D eigenvalue weighted by atomic mass is 35.5. The van der Waals surface area contributed by atoms with E-state index in [-0.39, 0.29) is 12.1 Å². The Kier molecular flexibility index (Phi) is 5.87. The predicted molar refractivity (Wildman–Crippen MR) is 135 cm³/mol. The lowest BCUT2D eigenvalue weighted by Crippen LogP contribution is -2.29. The first-order valence-corrected chi connectivity index (χ1v) is 11.6. The summed E-state index contributed by atoms with van der Waals surface area (Å²) in [5, 5.41) is 4.97. The van der Waals surface area contributed by atoms with Gasteiger partial charge in [0.2, 0.25) is 0 Å². The second-order valence-corrected chi connectivity index (χ2v) is 9.08. The number of benzene rings is 1. The molecule has 0 radical (unpaired) electrons. The minimum absolute atomic E-state index is 0.0215. The molecule has 1 aromatic carbocycles. The van der Waals surface area contributed by atoms with Crippen LogP contribution in [0.5, 0.6) is 0 Å². The maximum absolute atomic E-state index is 6.31. The zero-order valence-corrected chi connectivity index (χ0v) is 20.0. The summed E-state index contributed by atoms with van der Waals surface area (Å²) in [6.45, 7) is 4.94. The first-order chi connectivity index (χ1) is 16.0. The molecule has 0 aliphatic carbocycles. The molecule has 1 aliphatic heterocycles. The summed E-state index contributed by atoms with van der Waals surface area (Å²) >= 11 is 12.1. The maximum Gasteiger partial charge on any atom is 0.170 e. The number of nitrogens with one attached hydrogen (secondary N) is 1. The van der Waals surface area contributed by atoms with Crippen molar-refractivity contribution in [3.8, 4) is 5.69 Å². The molecule has 4 heterocycles. The Balaban J connectivity index is 1.62. The average Bonchev–Trinajstić information content (AvgIpc) is 3.30. The largest absolute Gasteiger partial charge is 0.352 e. The Hall–Kier alpha value is -3.22. The Morgan fingerprint density at radius 3 is 2.64 bits per heavy atom. The van der Waals surface area contributed by atoms with Crippen LogP contribution in [0.3, 0.4) is 0 Å². The van der Waals surface area contributed by atoms with Crippen LogP contribution in [0.1, 0.15) is 40.3 Å². The van der Waals surface area contributed by atoms with Crippen LogP contribution in [0.25, 0.3) is 5.69 Å². The van der Waals surface area contributed by atoms with Gasteiger partial charge in [-0.2, -0.15) is 0 Å². The number of thiocarbonyl (C=S) groups is 1. The molecule has 0 saturated carbocycles. The summed E-state index contributed by atoms with van der Waals surface area (Å²) in [5.41, 5.74) is 6.62. The number of halogens is 1. The zero-order chi connectivity index (χ0) is 22.9. The van der Waals surface area contributed by atoms with Gasteiger partial charge in [0, 0.05) is 47.2 Å². The Morgan fingerprint density at radius 1 is 1.03 bits per heavy atom. The third-order valence-electron chi connectivity index (χ3n) is 6.13. The highest BCUT2D eigenvalue weighted by Crippen LogP contribution is 2.42. The summed E-state index contributed by atoms with van der Waals surface area (Å²) in [7, 11) is 0. The van der Waals surface area contributed by atoms with Crippen LogP contribution in [-0.2, 0) is 6.54 Å². The molecule has 33 heavy (non-hydrogen) atoms. The van der Waals surface area contributed by atoms with E-state index in [1.165, 1.54) is 5.56 Å². The number of nitrogens with zero attached hydrogens (tertiary/aromatic N) is 4. The van der Waals surface area contributed by atoms with Crippen molar-refractivity contribution in [1.29, 1.82) is 0 Å². The van der Waals surface area contributed by atoms with Crippen molar-refractivity contribution in [2.45, 2.75) is 32.5 Å². The smallest absolute Gasteiger partial charge is 0.170 e. The van der Waals surface area contributed by atoms with E-state index in [1.807, 2.05) is 48.8 Å². The molecule has 1 N–H and O–H groups in total. The fraction of sp³-hybridized carbons (Fsp3) is 0.192. The first kappa shape index (κ1) is 21.6. The quantitative estimate of drug-likeness (QED) is 0.376. The fourth-order valence-corrected chi connectivity index (χ4v) is 5.19. The van der Waals surface area contributed by atoms with E-state index in [0.717, 1.165) is 33.4 Å². The van der Waals surface area contributed by atoms with Crippen LogP contribution in [0, 0.1) is 13.8 Å². The molecule has 2 unspecified atom stereocenters. The molecular weight excluding hydrogens is 450 g/mol. The molecule has 4 aromatic rings. The molecule has 1 aliphatic rings. The number of rotatable bonds is 5. The van der Waals surface area contributed by atoms with E-state index in [9.17, 15) is 0 Å². The highest BCUT2D eigenvalue weighted by molar-refractivity contribution is 7.80. The van der Waals surface area contributed by atoms with E-state index >= 15 is 0 Å². The van der Waals surface area contributed by atoms with Gasteiger partial charge in [-0.25, -0.2) is 0 Å². The number of aromatic nitrogens is 3. The summed E-state index contributed by atoms with van der Waals surface area (Å²) < 4.78 is 2.25. The number of hydrogen-bond donors (Lipinski definition) is 1. The summed E-state index contributed by atoms with van der Waals surface area (Å²) in [4.78, 5) is 11.2. The van der Waals surface area contributed by atoms with Crippen LogP contribution in [0.15, 0.2) is 79.3 Å². The normalized spacial score (nSPS) is 17.9. The topological polar surface area (TPSA) is 46.0 Å². The molecule has 2 atom stereocenters. The van der Waals surface area contributed by atoms with Gasteiger partial charge < -0.3 is 14.8 Å². The lowest BCUT2D eigenvalue weighted by Gasteiger charge is -2.28. The van der Waals surface area contributed by atoms with E-state index in [0.29, 0.717) is 11.7 Å². The van der Waals surface area contributed by atoms with Crippen molar-refractivity contribution in [3.63, 3.8) is 0 Å². The summed E-state index contributed by atoms with van der Waals surface area (Å²) in [6.07, 6.45) is 5.51. The van der Waals surface area contributed by atoms with Crippen molar-refractivity contribution in [2.75, 3.05) is 0 Å². The van der Waals surface area contributed by atoms with Gasteiger partial charge in [0.05, 0.1) is 17.8 Å². The summed E-state index contributed by atoms with van der Waals surface area (Å²) in [6, 6.07) is 20.2. The average molecular weight is 474 g/mol. The van der Waals surface area contributed by atoms with Crippen LogP contribution in [0.4, 0.5) is 0 Å². The standard InChI is InChI=1S/C26H24ClN5S/c1-17-13-22(18(2)32(17)21-9-5-8-20(27)14-21)25-24(23-10-3-4-12-29-23)30-26(33)31(25)16-19-7-6-11-28-15-19/h3-15,24-25H,16H2,1-2H3,(H,30,33). The van der Waals surface area contributed by atoms with E-state index < -0.39 is 0 Å². The predicted octanol–water partition coefficient (Wildman–Crippen LogP) is 5.71. The van der Waals surface area contributed by atoms with Gasteiger partial charge in [-0.3, -0.25) is 9.97 Å². The molecular formula is C26H24ClN5S. The number of hydrogen-bond acceptors (Lipinski definition) is 3. The monoisotopic (exact) mass is 473 g/mol. The van der Waals surface area contributed by atoms with Crippen LogP contribution in [-0.4, -0.2) is 24.5 Å². The van der Waals surface area contributed by atoms with Crippen LogP contribution < -0.4 is 5.32 Å². The fourth-order valence-electron chi connectivity index (χ4n) is 4.70. The lowest BCUT2D eigenvalue weighted by molar-refractivity contribution is 0.310. The molecule has 0 spiro atoms. The van der Waals surface area contributed by atoms with Crippen molar-refractivity contribution in [1.82, 2.24) is 24.8 Å². The second kappa shape index (κ2) is 8.96. The highest BCUT2D eigenvalue weighted by Gasteiger charge is 2.41. The molecule has 5 nitrogen and oxygen atoms in total. The minimum Gasteiger partial charge on any atom is -0.352 e. The second-order valence-electron chi connectivity index (χ2n) is 8.26. The van der Waals surface area contributed by atoms with Gasteiger partial charge in [-0.05, 0) is 79.7 Å². The van der Waals surface area contributed by atoms with E-state index in [4.69, 9.17) is 23.8 Å². The summed E-state index contributed by atoms with van der Waals surface area (Å²) in [5.74, 6) is 0. The molecule has 0 amide bonds. The molecule has 7 heteroatoms.